The molecule has 0 atom stereocenters. The Morgan fingerprint density at radius 2 is 2.22 bits per heavy atom. The Bertz CT molecular complexity index is 547. The lowest BCUT2D eigenvalue weighted by molar-refractivity contribution is -0.122. The van der Waals surface area contributed by atoms with Gasteiger partial charge in [-0.15, -0.1) is 11.3 Å². The molecule has 1 fully saturated rings. The Hall–Kier alpha value is -1.68. The Morgan fingerprint density at radius 1 is 1.39 bits per heavy atom. The predicted molar refractivity (Wildman–Crippen MR) is 72.1 cm³/mol. The summed E-state index contributed by atoms with van der Waals surface area (Å²) < 4.78 is 0. The Labute approximate surface area is 110 Å². The number of hydrogen-bond donors (Lipinski definition) is 1. The molecule has 18 heavy (non-hydrogen) atoms. The van der Waals surface area contributed by atoms with Gasteiger partial charge in [-0.25, -0.2) is 4.98 Å². The van der Waals surface area contributed by atoms with Crippen molar-refractivity contribution in [3.05, 3.63) is 41.4 Å². The smallest absolute Gasteiger partial charge is 0.223 e. The van der Waals surface area contributed by atoms with Crippen LogP contribution >= 0.6 is 11.3 Å². The fourth-order valence-corrected chi connectivity index (χ4v) is 2.61. The highest BCUT2D eigenvalue weighted by Gasteiger charge is 2.29. The summed E-state index contributed by atoms with van der Waals surface area (Å²) in [7, 11) is 0. The first-order valence-corrected chi connectivity index (χ1v) is 6.98. The molecule has 0 spiro atoms. The highest BCUT2D eigenvalue weighted by Crippen LogP contribution is 2.29. The highest BCUT2D eigenvalue weighted by atomic mass is 32.1. The summed E-state index contributed by atoms with van der Waals surface area (Å²) in [5.74, 6) is 0.445. The largest absolute Gasteiger partial charge is 0.352 e. The molecule has 0 unspecified atom stereocenters. The van der Waals surface area contributed by atoms with Crippen LogP contribution in [-0.2, 0) is 11.3 Å². The number of hydrogen-bond acceptors (Lipinski definition) is 3. The average molecular weight is 258 g/mol. The van der Waals surface area contributed by atoms with Crippen LogP contribution in [0.3, 0.4) is 0 Å². The van der Waals surface area contributed by atoms with Crippen LogP contribution in [0.25, 0.3) is 10.6 Å². The quantitative estimate of drug-likeness (QED) is 0.916. The Kier molecular flexibility index (Phi) is 3.11. The lowest BCUT2D eigenvalue weighted by Gasteiger charge is -2.08. The topological polar surface area (TPSA) is 42.0 Å². The molecule has 92 valence electrons. The molecular formula is C14H14N2OS. The van der Waals surface area contributed by atoms with Gasteiger partial charge >= 0.3 is 0 Å². The minimum atomic E-state index is 0.184. The van der Waals surface area contributed by atoms with Gasteiger partial charge in [-0.05, 0) is 18.4 Å². The van der Waals surface area contributed by atoms with Gasteiger partial charge in [0.25, 0.3) is 0 Å². The van der Waals surface area contributed by atoms with Crippen LogP contribution in [-0.4, -0.2) is 10.9 Å². The third-order valence-corrected chi connectivity index (χ3v) is 3.89. The Balaban J connectivity index is 1.76. The fraction of sp³-hybridized carbons (Fsp3) is 0.286. The van der Waals surface area contributed by atoms with E-state index < -0.39 is 0 Å². The maximum Gasteiger partial charge on any atom is 0.223 e. The SMILES string of the molecule is O=C(NCc1ccccc1-c1nccs1)C1CC1. The highest BCUT2D eigenvalue weighted by molar-refractivity contribution is 7.13. The zero-order chi connectivity index (χ0) is 12.4. The van der Waals surface area contributed by atoms with Crippen molar-refractivity contribution in [3.8, 4) is 10.6 Å². The fourth-order valence-electron chi connectivity index (χ4n) is 1.91. The summed E-state index contributed by atoms with van der Waals surface area (Å²) in [5, 5.41) is 5.97. The molecule has 0 saturated heterocycles. The number of benzene rings is 1. The number of rotatable bonds is 4. The summed E-state index contributed by atoms with van der Waals surface area (Å²) in [6, 6.07) is 8.10. The Morgan fingerprint density at radius 3 is 2.94 bits per heavy atom. The van der Waals surface area contributed by atoms with Crippen molar-refractivity contribution in [2.75, 3.05) is 0 Å². The molecule has 0 bridgehead atoms. The van der Waals surface area contributed by atoms with E-state index in [-0.39, 0.29) is 11.8 Å². The molecule has 0 aliphatic heterocycles. The summed E-state index contributed by atoms with van der Waals surface area (Å²) in [6.45, 7) is 0.588. The van der Waals surface area contributed by atoms with Crippen LogP contribution < -0.4 is 5.32 Å². The first-order valence-electron chi connectivity index (χ1n) is 6.10. The third kappa shape index (κ3) is 2.43. The molecule has 1 aromatic heterocycles. The zero-order valence-corrected chi connectivity index (χ0v) is 10.7. The molecule has 1 amide bonds. The van der Waals surface area contributed by atoms with Gasteiger partial charge in [-0.2, -0.15) is 0 Å². The van der Waals surface area contributed by atoms with Gasteiger partial charge in [0.15, 0.2) is 0 Å². The van der Waals surface area contributed by atoms with Gasteiger partial charge < -0.3 is 5.32 Å². The molecule has 0 radical (unpaired) electrons. The van der Waals surface area contributed by atoms with Crippen LogP contribution in [0.4, 0.5) is 0 Å². The van der Waals surface area contributed by atoms with Gasteiger partial charge in [-0.1, -0.05) is 24.3 Å². The van der Waals surface area contributed by atoms with Crippen molar-refractivity contribution < 1.29 is 4.79 Å². The van der Waals surface area contributed by atoms with Gasteiger partial charge in [0, 0.05) is 29.6 Å². The van der Waals surface area contributed by atoms with Crippen molar-refractivity contribution in [2.24, 2.45) is 5.92 Å². The van der Waals surface area contributed by atoms with Crippen LogP contribution in [0.2, 0.25) is 0 Å². The van der Waals surface area contributed by atoms with Crippen LogP contribution in [0.15, 0.2) is 35.8 Å². The second kappa shape index (κ2) is 4.90. The van der Waals surface area contributed by atoms with E-state index in [2.05, 4.69) is 16.4 Å². The van der Waals surface area contributed by atoms with E-state index in [1.54, 1.807) is 17.5 Å². The van der Waals surface area contributed by atoms with Gasteiger partial charge in [0.1, 0.15) is 5.01 Å². The molecule has 1 heterocycles. The van der Waals surface area contributed by atoms with E-state index in [0.29, 0.717) is 6.54 Å². The van der Waals surface area contributed by atoms with E-state index in [4.69, 9.17) is 0 Å². The lowest BCUT2D eigenvalue weighted by atomic mass is 10.1. The normalized spacial score (nSPS) is 14.4. The van der Waals surface area contributed by atoms with E-state index in [0.717, 1.165) is 29.0 Å². The van der Waals surface area contributed by atoms with Crippen molar-refractivity contribution in [3.63, 3.8) is 0 Å². The van der Waals surface area contributed by atoms with Gasteiger partial charge in [0.05, 0.1) is 0 Å². The van der Waals surface area contributed by atoms with E-state index >= 15 is 0 Å². The molecule has 1 N–H and O–H groups in total. The van der Waals surface area contributed by atoms with Gasteiger partial charge in [0.2, 0.25) is 5.91 Å². The monoisotopic (exact) mass is 258 g/mol. The zero-order valence-electron chi connectivity index (χ0n) is 9.93. The first kappa shape index (κ1) is 11.4. The summed E-state index contributed by atoms with van der Waals surface area (Å²) in [4.78, 5) is 16.0. The van der Waals surface area contributed by atoms with Crippen molar-refractivity contribution in [1.29, 1.82) is 0 Å². The van der Waals surface area contributed by atoms with Crippen molar-refractivity contribution >= 4 is 17.2 Å². The van der Waals surface area contributed by atoms with Crippen molar-refractivity contribution in [2.45, 2.75) is 19.4 Å². The van der Waals surface area contributed by atoms with Gasteiger partial charge in [-0.3, -0.25) is 4.79 Å². The maximum atomic E-state index is 11.7. The first-order chi connectivity index (χ1) is 8.84. The van der Waals surface area contributed by atoms with E-state index in [9.17, 15) is 4.79 Å². The van der Waals surface area contributed by atoms with Crippen LogP contribution in [0, 0.1) is 5.92 Å². The lowest BCUT2D eigenvalue weighted by Crippen LogP contribution is -2.24. The minimum absolute atomic E-state index is 0.184. The number of amides is 1. The molecule has 1 saturated carbocycles. The molecule has 4 heteroatoms. The number of aromatic nitrogens is 1. The number of thiazole rings is 1. The van der Waals surface area contributed by atoms with Crippen LogP contribution in [0.1, 0.15) is 18.4 Å². The standard InChI is InChI=1S/C14H14N2OS/c17-13(10-5-6-10)16-9-11-3-1-2-4-12(11)14-15-7-8-18-14/h1-4,7-8,10H,5-6,9H2,(H,16,17). The van der Waals surface area contributed by atoms with E-state index in [1.165, 1.54) is 0 Å². The summed E-state index contributed by atoms with van der Waals surface area (Å²) >= 11 is 1.62. The third-order valence-electron chi connectivity index (χ3n) is 3.08. The predicted octanol–water partition coefficient (Wildman–Crippen LogP) is 2.84. The van der Waals surface area contributed by atoms with Crippen LogP contribution in [0.5, 0.6) is 0 Å². The molecular weight excluding hydrogens is 244 g/mol. The molecule has 3 nitrogen and oxygen atoms in total. The summed E-state index contributed by atoms with van der Waals surface area (Å²) in [6.07, 6.45) is 3.89. The van der Waals surface area contributed by atoms with Crippen molar-refractivity contribution in [1.82, 2.24) is 10.3 Å². The summed E-state index contributed by atoms with van der Waals surface area (Å²) in [5.41, 5.74) is 2.24. The second-order valence-electron chi connectivity index (χ2n) is 4.49. The molecule has 1 aromatic carbocycles. The molecule has 1 aliphatic rings. The number of carbonyl (C=O) groups is 1. The molecule has 2 aromatic rings. The maximum absolute atomic E-state index is 11.7. The van der Waals surface area contributed by atoms with E-state index in [1.807, 2.05) is 23.6 Å². The second-order valence-corrected chi connectivity index (χ2v) is 5.38. The molecule has 3 rings (SSSR count). The minimum Gasteiger partial charge on any atom is -0.352 e. The molecule has 1 aliphatic carbocycles. The average Bonchev–Trinajstić information content (AvgIpc) is 3.12. The number of carbonyl (C=O) groups excluding carboxylic acids is 1. The number of nitrogens with zero attached hydrogens (tertiary/aromatic N) is 1. The number of nitrogens with one attached hydrogen (secondary N) is 1.